The lowest BCUT2D eigenvalue weighted by atomic mass is 10.2. The van der Waals surface area contributed by atoms with E-state index in [0.717, 1.165) is 6.07 Å². The topological polar surface area (TPSA) is 151 Å². The quantitative estimate of drug-likeness (QED) is 0.296. The fraction of sp³-hybridized carbons (Fsp3) is 0.100. The molecule has 0 unspecified atom stereocenters. The van der Waals surface area contributed by atoms with E-state index in [-0.39, 0.29) is 11.4 Å². The van der Waals surface area contributed by atoms with Crippen LogP contribution in [0.4, 0.5) is 11.4 Å². The monoisotopic (exact) mass is 283 g/mol. The van der Waals surface area contributed by atoms with Crippen molar-refractivity contribution in [3.05, 3.63) is 28.3 Å². The van der Waals surface area contributed by atoms with Gasteiger partial charge in [0, 0.05) is 0 Å². The van der Waals surface area contributed by atoms with Gasteiger partial charge in [-0.15, -0.1) is 0 Å². The summed E-state index contributed by atoms with van der Waals surface area (Å²) in [6, 6.07) is 3.66. The minimum Gasteiger partial charge on any atom is -0.496 e. The summed E-state index contributed by atoms with van der Waals surface area (Å²) in [6.07, 6.45) is 0. The molecule has 10 heteroatoms. The molecule has 0 saturated heterocycles. The Morgan fingerprint density at radius 1 is 1.35 bits per heavy atom. The summed E-state index contributed by atoms with van der Waals surface area (Å²) in [6.45, 7) is 0. The largest absolute Gasteiger partial charge is 0.496 e. The van der Waals surface area contributed by atoms with E-state index in [4.69, 9.17) is 14.9 Å². The highest BCUT2D eigenvalue weighted by atomic mass is 16.6. The van der Waals surface area contributed by atoms with Gasteiger partial charge in [-0.25, -0.2) is 9.59 Å². The number of anilines is 1. The van der Waals surface area contributed by atoms with Crippen LogP contribution in [0.1, 0.15) is 0 Å². The molecule has 0 radical (unpaired) electrons. The van der Waals surface area contributed by atoms with E-state index in [1.807, 2.05) is 5.43 Å². The van der Waals surface area contributed by atoms with E-state index in [2.05, 4.69) is 5.10 Å². The zero-order chi connectivity index (χ0) is 15.3. The van der Waals surface area contributed by atoms with E-state index < -0.39 is 28.3 Å². The van der Waals surface area contributed by atoms with Crippen LogP contribution < -0.4 is 10.2 Å². The number of carboxylic acids is 2. The first-order valence-electron chi connectivity index (χ1n) is 4.99. The molecule has 0 spiro atoms. The molecule has 0 amide bonds. The number of hydrogen-bond donors (Lipinski definition) is 3. The van der Waals surface area contributed by atoms with Gasteiger partial charge in [0.15, 0.2) is 0 Å². The SMILES string of the molecule is COc1ccc(NN=C(C(=O)O)C(=O)O)c([N+](=O)[O-])c1. The number of methoxy groups -OCH3 is 1. The van der Waals surface area contributed by atoms with Crippen LogP contribution in [-0.4, -0.2) is 39.9 Å². The van der Waals surface area contributed by atoms with Crippen LogP contribution in [0, 0.1) is 10.1 Å². The van der Waals surface area contributed by atoms with Crippen LogP contribution in [0.3, 0.4) is 0 Å². The molecule has 1 aromatic carbocycles. The lowest BCUT2D eigenvalue weighted by molar-refractivity contribution is -0.384. The first kappa shape index (κ1) is 14.9. The highest BCUT2D eigenvalue weighted by molar-refractivity contribution is 6.61. The number of nitro groups is 1. The normalized spacial score (nSPS) is 9.45. The molecule has 3 N–H and O–H groups in total. The maximum absolute atomic E-state index is 10.8. The van der Waals surface area contributed by atoms with Crippen molar-refractivity contribution >= 4 is 29.0 Å². The van der Waals surface area contributed by atoms with E-state index in [0.29, 0.717) is 0 Å². The van der Waals surface area contributed by atoms with Crippen molar-refractivity contribution in [2.45, 2.75) is 0 Å². The van der Waals surface area contributed by atoms with Crippen molar-refractivity contribution in [1.82, 2.24) is 0 Å². The Balaban J connectivity index is 3.15. The number of rotatable bonds is 6. The molecule has 0 aliphatic carbocycles. The van der Waals surface area contributed by atoms with Gasteiger partial charge in [-0.3, -0.25) is 15.5 Å². The second kappa shape index (κ2) is 6.13. The number of benzene rings is 1. The Morgan fingerprint density at radius 2 is 1.95 bits per heavy atom. The van der Waals surface area contributed by atoms with Crippen LogP contribution in [0.2, 0.25) is 0 Å². The molecule has 0 fully saturated rings. The molecule has 0 aliphatic heterocycles. The van der Waals surface area contributed by atoms with E-state index >= 15 is 0 Å². The van der Waals surface area contributed by atoms with Crippen molar-refractivity contribution in [2.75, 3.05) is 12.5 Å². The minimum absolute atomic E-state index is 0.171. The molecule has 0 heterocycles. The van der Waals surface area contributed by atoms with Crippen LogP contribution in [0.5, 0.6) is 5.75 Å². The maximum atomic E-state index is 10.8. The standard InChI is InChI=1S/C10H9N3O7/c1-20-5-2-3-6(7(4-5)13(18)19)11-12-8(9(14)15)10(16)17/h2-4,11H,1H3,(H,14,15)(H,16,17). The van der Waals surface area contributed by atoms with Gasteiger partial charge in [0.2, 0.25) is 0 Å². The number of hydrazone groups is 1. The number of carboxylic acid groups (broad SMARTS) is 2. The summed E-state index contributed by atoms with van der Waals surface area (Å²) < 4.78 is 4.81. The van der Waals surface area contributed by atoms with Gasteiger partial charge in [0.25, 0.3) is 11.4 Å². The van der Waals surface area contributed by atoms with Crippen molar-refractivity contribution < 1.29 is 29.5 Å². The molecule has 10 nitrogen and oxygen atoms in total. The Hall–Kier alpha value is -3.17. The average Bonchev–Trinajstić information content (AvgIpc) is 2.38. The Morgan fingerprint density at radius 3 is 2.40 bits per heavy atom. The van der Waals surface area contributed by atoms with Gasteiger partial charge in [-0.2, -0.15) is 5.10 Å². The molecule has 1 aromatic rings. The van der Waals surface area contributed by atoms with Crippen LogP contribution in [-0.2, 0) is 9.59 Å². The van der Waals surface area contributed by atoms with Crippen molar-refractivity contribution in [1.29, 1.82) is 0 Å². The summed E-state index contributed by atoms with van der Waals surface area (Å²) in [5, 5.41) is 31.1. The smallest absolute Gasteiger partial charge is 0.364 e. The predicted molar refractivity (Wildman–Crippen MR) is 66.0 cm³/mol. The number of aliphatic carboxylic acids is 2. The summed E-state index contributed by atoms with van der Waals surface area (Å²) in [5.41, 5.74) is 0.227. The molecule has 106 valence electrons. The highest BCUT2D eigenvalue weighted by Gasteiger charge is 2.20. The first-order chi connectivity index (χ1) is 9.36. The summed E-state index contributed by atoms with van der Waals surface area (Å²) in [5.74, 6) is -3.34. The number of carbonyl (C=O) groups is 2. The van der Waals surface area contributed by atoms with Crippen LogP contribution in [0.25, 0.3) is 0 Å². The molecule has 0 aliphatic rings. The molecule has 0 atom stereocenters. The number of nitro benzene ring substituents is 1. The number of nitrogens with zero attached hydrogens (tertiary/aromatic N) is 2. The molecule has 0 saturated carbocycles. The third-order valence-electron chi connectivity index (χ3n) is 2.09. The molecule has 0 aromatic heterocycles. The van der Waals surface area contributed by atoms with E-state index in [1.165, 1.54) is 19.2 Å². The van der Waals surface area contributed by atoms with Crippen molar-refractivity contribution in [3.8, 4) is 5.75 Å². The average molecular weight is 283 g/mol. The summed E-state index contributed by atoms with van der Waals surface area (Å²) in [4.78, 5) is 31.2. The van der Waals surface area contributed by atoms with Crippen molar-refractivity contribution in [2.24, 2.45) is 5.10 Å². The fourth-order valence-corrected chi connectivity index (χ4v) is 1.19. The number of ether oxygens (including phenoxy) is 1. The Kier molecular flexibility index (Phi) is 4.56. The second-order valence-corrected chi connectivity index (χ2v) is 3.32. The Bertz CT molecular complexity index is 581. The fourth-order valence-electron chi connectivity index (χ4n) is 1.19. The second-order valence-electron chi connectivity index (χ2n) is 3.32. The number of nitrogens with one attached hydrogen (secondary N) is 1. The van der Waals surface area contributed by atoms with Gasteiger partial charge in [-0.05, 0) is 12.1 Å². The molecular formula is C10H9N3O7. The maximum Gasteiger partial charge on any atom is 0.364 e. The van der Waals surface area contributed by atoms with E-state index in [1.54, 1.807) is 0 Å². The third-order valence-corrected chi connectivity index (χ3v) is 2.09. The first-order valence-corrected chi connectivity index (χ1v) is 4.99. The highest BCUT2D eigenvalue weighted by Crippen LogP contribution is 2.28. The van der Waals surface area contributed by atoms with Crippen LogP contribution >= 0.6 is 0 Å². The van der Waals surface area contributed by atoms with Gasteiger partial charge >= 0.3 is 11.9 Å². The zero-order valence-electron chi connectivity index (χ0n) is 10.1. The van der Waals surface area contributed by atoms with Crippen LogP contribution in [0.15, 0.2) is 23.3 Å². The molecular weight excluding hydrogens is 274 g/mol. The molecule has 0 bridgehead atoms. The van der Waals surface area contributed by atoms with Crippen molar-refractivity contribution in [3.63, 3.8) is 0 Å². The lowest BCUT2D eigenvalue weighted by Gasteiger charge is -2.05. The van der Waals surface area contributed by atoms with E-state index in [9.17, 15) is 19.7 Å². The van der Waals surface area contributed by atoms with Gasteiger partial charge < -0.3 is 14.9 Å². The van der Waals surface area contributed by atoms with Gasteiger partial charge in [0.1, 0.15) is 11.4 Å². The molecule has 20 heavy (non-hydrogen) atoms. The molecule has 1 rings (SSSR count). The Labute approximate surface area is 111 Å². The zero-order valence-corrected chi connectivity index (χ0v) is 10.1. The minimum atomic E-state index is -1.78. The van der Waals surface area contributed by atoms with Gasteiger partial charge in [-0.1, -0.05) is 0 Å². The summed E-state index contributed by atoms with van der Waals surface area (Å²) in [7, 11) is 1.32. The van der Waals surface area contributed by atoms with Gasteiger partial charge in [0.05, 0.1) is 18.1 Å². The predicted octanol–water partition coefficient (Wildman–Crippen LogP) is 0.540. The lowest BCUT2D eigenvalue weighted by Crippen LogP contribution is -2.24. The third kappa shape index (κ3) is 3.41. The number of hydrogen-bond acceptors (Lipinski definition) is 7. The summed E-state index contributed by atoms with van der Waals surface area (Å²) >= 11 is 0.